The second-order valence-electron chi connectivity index (χ2n) is 7.40. The molecule has 5 rings (SSSR count). The molecule has 3 aromatic heterocycles. The Labute approximate surface area is 215 Å². The maximum atomic E-state index is 15.3. The summed E-state index contributed by atoms with van der Waals surface area (Å²) in [4.78, 5) is 16.5. The molecule has 1 N–H and O–H groups in total. The van der Waals surface area contributed by atoms with Crippen molar-refractivity contribution in [3.05, 3.63) is 65.0 Å². The summed E-state index contributed by atoms with van der Waals surface area (Å²) in [5.41, 5.74) is 2.13. The standard InChI is InChI=1S/C22H18ClFN4O2S.Na/c1-2-27-11-13(10-25-27)28-19(12-6-7-12)21(14-8-9-15(23)18(24)20(14)28)31-17-5-3-4-16(26-17)22(29)30;/h3-5,8-12H,2,6-7H2,1H3,(H,29,30);. The number of hydrogen-bond donors (Lipinski definition) is 1. The van der Waals surface area contributed by atoms with Crippen LogP contribution in [0.15, 0.2) is 52.6 Å². The summed E-state index contributed by atoms with van der Waals surface area (Å²) in [6.45, 7) is 2.70. The summed E-state index contributed by atoms with van der Waals surface area (Å²) < 4.78 is 19.0. The SMILES string of the molecule is CCn1cc(-n2c(C3CC3)c(Sc3cccc(C(=O)O)n3)c3ccc(Cl)c(F)c32)cn1.[Na]. The first-order valence-electron chi connectivity index (χ1n) is 9.91. The molecule has 4 aromatic rings. The van der Waals surface area contributed by atoms with Gasteiger partial charge in [-0.2, -0.15) is 5.10 Å². The molecule has 1 radical (unpaired) electrons. The third-order valence-electron chi connectivity index (χ3n) is 5.33. The first kappa shape index (κ1) is 23.3. The number of pyridine rings is 1. The summed E-state index contributed by atoms with van der Waals surface area (Å²) >= 11 is 7.51. The minimum Gasteiger partial charge on any atom is -0.477 e. The van der Waals surface area contributed by atoms with Gasteiger partial charge in [0.15, 0.2) is 5.82 Å². The third kappa shape index (κ3) is 4.10. The first-order valence-corrected chi connectivity index (χ1v) is 11.1. The number of halogens is 2. The van der Waals surface area contributed by atoms with Crippen molar-refractivity contribution in [2.75, 3.05) is 0 Å². The minimum absolute atomic E-state index is 0. The number of aromatic carboxylic acids is 1. The molecular weight excluding hydrogens is 462 g/mol. The molecule has 159 valence electrons. The van der Waals surface area contributed by atoms with Crippen LogP contribution in [0.1, 0.15) is 41.9 Å². The Hall–Kier alpha value is -1.84. The molecule has 6 nitrogen and oxygen atoms in total. The van der Waals surface area contributed by atoms with Crippen molar-refractivity contribution in [2.45, 2.75) is 42.1 Å². The van der Waals surface area contributed by atoms with Crippen LogP contribution in [0.4, 0.5) is 4.39 Å². The summed E-state index contributed by atoms with van der Waals surface area (Å²) in [6.07, 6.45) is 5.63. The maximum absolute atomic E-state index is 15.3. The molecule has 1 aliphatic carbocycles. The number of nitrogens with zero attached hydrogens (tertiary/aromatic N) is 4. The number of aryl methyl sites for hydroxylation is 1. The van der Waals surface area contributed by atoms with Crippen molar-refractivity contribution in [2.24, 2.45) is 0 Å². The quantitative estimate of drug-likeness (QED) is 0.376. The Morgan fingerprint density at radius 2 is 2.09 bits per heavy atom. The number of carbonyl (C=O) groups is 1. The van der Waals surface area contributed by atoms with Gasteiger partial charge in [0.1, 0.15) is 10.7 Å². The van der Waals surface area contributed by atoms with Crippen LogP contribution in [0.25, 0.3) is 16.6 Å². The van der Waals surface area contributed by atoms with Gasteiger partial charge >= 0.3 is 5.97 Å². The molecule has 1 saturated carbocycles. The van der Waals surface area contributed by atoms with Gasteiger partial charge < -0.3 is 9.67 Å². The van der Waals surface area contributed by atoms with E-state index >= 15 is 4.39 Å². The molecule has 3 heterocycles. The Kier molecular flexibility index (Phi) is 6.70. The zero-order valence-corrected chi connectivity index (χ0v) is 21.1. The van der Waals surface area contributed by atoms with E-state index in [9.17, 15) is 9.90 Å². The Morgan fingerprint density at radius 3 is 2.75 bits per heavy atom. The fourth-order valence-corrected chi connectivity index (χ4v) is 5.03. The molecule has 1 aliphatic rings. The van der Waals surface area contributed by atoms with E-state index in [0.29, 0.717) is 17.1 Å². The van der Waals surface area contributed by atoms with Gasteiger partial charge in [-0.3, -0.25) is 4.68 Å². The van der Waals surface area contributed by atoms with E-state index in [4.69, 9.17) is 11.6 Å². The van der Waals surface area contributed by atoms with Gasteiger partial charge in [-0.05, 0) is 44.0 Å². The second kappa shape index (κ2) is 9.19. The van der Waals surface area contributed by atoms with Crippen LogP contribution in [0, 0.1) is 5.82 Å². The van der Waals surface area contributed by atoms with Gasteiger partial charge in [0.25, 0.3) is 0 Å². The van der Waals surface area contributed by atoms with E-state index in [1.807, 2.05) is 23.8 Å². The largest absolute Gasteiger partial charge is 0.477 e. The number of fused-ring (bicyclic) bond motifs is 1. The van der Waals surface area contributed by atoms with Crippen LogP contribution in [0.3, 0.4) is 0 Å². The minimum atomic E-state index is -1.09. The number of rotatable bonds is 6. The number of carboxylic acids is 1. The molecule has 0 bridgehead atoms. The van der Waals surface area contributed by atoms with Gasteiger partial charge in [-0.15, -0.1) is 0 Å². The Balaban J connectivity index is 0.00000245. The maximum Gasteiger partial charge on any atom is 0.354 e. The van der Waals surface area contributed by atoms with Crippen molar-refractivity contribution in [3.8, 4) is 5.69 Å². The van der Waals surface area contributed by atoms with Crippen molar-refractivity contribution in [3.63, 3.8) is 0 Å². The summed E-state index contributed by atoms with van der Waals surface area (Å²) in [5.74, 6) is -1.29. The fraction of sp³-hybridized carbons (Fsp3) is 0.227. The van der Waals surface area contributed by atoms with Crippen molar-refractivity contribution in [1.82, 2.24) is 19.3 Å². The van der Waals surface area contributed by atoms with Gasteiger partial charge in [0, 0.05) is 64.2 Å². The van der Waals surface area contributed by atoms with Crippen LogP contribution in [0.2, 0.25) is 5.02 Å². The van der Waals surface area contributed by atoms with E-state index in [-0.39, 0.29) is 46.2 Å². The van der Waals surface area contributed by atoms with Gasteiger partial charge in [-0.25, -0.2) is 14.2 Å². The van der Waals surface area contributed by atoms with Crippen molar-refractivity contribution < 1.29 is 14.3 Å². The normalized spacial score (nSPS) is 13.3. The van der Waals surface area contributed by atoms with E-state index in [0.717, 1.165) is 34.5 Å². The predicted molar refractivity (Wildman–Crippen MR) is 123 cm³/mol. The molecule has 0 amide bonds. The third-order valence-corrected chi connectivity index (χ3v) is 6.69. The first-order chi connectivity index (χ1) is 15.0. The van der Waals surface area contributed by atoms with Crippen LogP contribution in [-0.2, 0) is 6.54 Å². The second-order valence-corrected chi connectivity index (χ2v) is 8.84. The summed E-state index contributed by atoms with van der Waals surface area (Å²) in [5, 5.41) is 15.0. The van der Waals surface area contributed by atoms with E-state index < -0.39 is 11.8 Å². The molecule has 0 unspecified atom stereocenters. The number of benzene rings is 1. The van der Waals surface area contributed by atoms with Crippen molar-refractivity contribution in [1.29, 1.82) is 0 Å². The van der Waals surface area contributed by atoms with E-state index in [1.54, 1.807) is 29.1 Å². The van der Waals surface area contributed by atoms with Gasteiger partial charge in [0.05, 0.1) is 22.4 Å². The number of aromatic nitrogens is 4. The molecule has 1 aromatic carbocycles. The molecule has 0 aliphatic heterocycles. The molecule has 0 atom stereocenters. The average molecular weight is 480 g/mol. The van der Waals surface area contributed by atoms with Crippen LogP contribution in [-0.4, -0.2) is 60.0 Å². The average Bonchev–Trinajstić information content (AvgIpc) is 3.40. The smallest absolute Gasteiger partial charge is 0.354 e. The van der Waals surface area contributed by atoms with Crippen molar-refractivity contribution >= 4 is 69.8 Å². The van der Waals surface area contributed by atoms with Crippen LogP contribution >= 0.6 is 23.4 Å². The van der Waals surface area contributed by atoms with E-state index in [1.165, 1.54) is 17.8 Å². The monoisotopic (exact) mass is 479 g/mol. The fourth-order valence-electron chi connectivity index (χ4n) is 3.74. The van der Waals surface area contributed by atoms with Crippen LogP contribution in [0.5, 0.6) is 0 Å². The summed E-state index contributed by atoms with van der Waals surface area (Å²) in [6, 6.07) is 8.25. The predicted octanol–water partition coefficient (Wildman–Crippen LogP) is 5.38. The molecule has 32 heavy (non-hydrogen) atoms. The molecule has 1 fully saturated rings. The molecule has 10 heteroatoms. The zero-order chi connectivity index (χ0) is 21.7. The molecule has 0 spiro atoms. The topological polar surface area (TPSA) is 72.9 Å². The Bertz CT molecular complexity index is 1340. The van der Waals surface area contributed by atoms with Crippen LogP contribution < -0.4 is 0 Å². The van der Waals surface area contributed by atoms with Gasteiger partial charge in [-0.1, -0.05) is 29.4 Å². The van der Waals surface area contributed by atoms with Gasteiger partial charge in [0.2, 0.25) is 0 Å². The zero-order valence-electron chi connectivity index (χ0n) is 17.5. The summed E-state index contributed by atoms with van der Waals surface area (Å²) in [7, 11) is 0. The Morgan fingerprint density at radius 1 is 1.31 bits per heavy atom. The van der Waals surface area contributed by atoms with E-state index in [2.05, 4.69) is 10.1 Å². The molecule has 0 saturated heterocycles. The number of hydrogen-bond acceptors (Lipinski definition) is 4. The number of carboxylic acid groups (broad SMARTS) is 1. The molecular formula is C22H18ClFN4NaO2S.